The molecule has 3 rings (SSSR count). The maximum absolute atomic E-state index is 12.2. The van der Waals surface area contributed by atoms with Gasteiger partial charge in [0.05, 0.1) is 0 Å². The van der Waals surface area contributed by atoms with Crippen molar-refractivity contribution in [3.63, 3.8) is 0 Å². The van der Waals surface area contributed by atoms with Crippen LogP contribution in [0, 0.1) is 0 Å². The van der Waals surface area contributed by atoms with Gasteiger partial charge in [-0.25, -0.2) is 4.98 Å². The zero-order valence-corrected chi connectivity index (χ0v) is 15.9. The number of rotatable bonds is 8. The van der Waals surface area contributed by atoms with Crippen molar-refractivity contribution in [1.29, 1.82) is 0 Å². The summed E-state index contributed by atoms with van der Waals surface area (Å²) in [7, 11) is 0. The third-order valence-electron chi connectivity index (χ3n) is 4.99. The summed E-state index contributed by atoms with van der Waals surface area (Å²) in [6, 6.07) is 11.6. The van der Waals surface area contributed by atoms with Gasteiger partial charge < -0.3 is 10.2 Å². The minimum Gasteiger partial charge on any atom is -0.357 e. The standard InChI is InChI=1S/C22H27N3O2/c1-2-17-5-8-19(9-6-17)20(26)10-12-22(27)24-16-18-7-11-21(23-15-18)25-13-3-4-14-25/h5-9,11,15H,2-4,10,12-14,16H2,1H3,(H,24,27). The monoisotopic (exact) mass is 365 g/mol. The molecule has 1 amide bonds. The zero-order chi connectivity index (χ0) is 19.1. The van der Waals surface area contributed by atoms with E-state index in [0.29, 0.717) is 12.1 Å². The molecule has 1 aromatic heterocycles. The number of anilines is 1. The largest absolute Gasteiger partial charge is 0.357 e. The van der Waals surface area contributed by atoms with Gasteiger partial charge in [-0.2, -0.15) is 0 Å². The molecule has 0 bridgehead atoms. The summed E-state index contributed by atoms with van der Waals surface area (Å²) in [5.74, 6) is 0.892. The number of aryl methyl sites for hydroxylation is 1. The van der Waals surface area contributed by atoms with Crippen LogP contribution in [0.15, 0.2) is 42.6 Å². The normalized spacial score (nSPS) is 13.6. The Labute approximate surface area is 160 Å². The van der Waals surface area contributed by atoms with Crippen molar-refractivity contribution in [2.24, 2.45) is 0 Å². The molecule has 0 saturated carbocycles. The van der Waals surface area contributed by atoms with Crippen molar-refractivity contribution in [1.82, 2.24) is 10.3 Å². The first-order valence-electron chi connectivity index (χ1n) is 9.74. The molecule has 0 atom stereocenters. The molecule has 1 fully saturated rings. The number of amides is 1. The molecule has 1 N–H and O–H groups in total. The van der Waals surface area contributed by atoms with E-state index in [1.807, 2.05) is 42.6 Å². The molecule has 1 saturated heterocycles. The van der Waals surface area contributed by atoms with E-state index in [9.17, 15) is 9.59 Å². The average molecular weight is 365 g/mol. The maximum Gasteiger partial charge on any atom is 0.220 e. The van der Waals surface area contributed by atoms with E-state index in [2.05, 4.69) is 22.1 Å². The Balaban J connectivity index is 1.41. The number of hydrogen-bond acceptors (Lipinski definition) is 4. The maximum atomic E-state index is 12.2. The Kier molecular flexibility index (Phi) is 6.58. The van der Waals surface area contributed by atoms with Crippen LogP contribution >= 0.6 is 0 Å². The second kappa shape index (κ2) is 9.31. The van der Waals surface area contributed by atoms with Gasteiger partial charge in [0.1, 0.15) is 5.82 Å². The van der Waals surface area contributed by atoms with Crippen molar-refractivity contribution in [2.75, 3.05) is 18.0 Å². The fourth-order valence-electron chi connectivity index (χ4n) is 3.24. The molecular weight excluding hydrogens is 338 g/mol. The van der Waals surface area contributed by atoms with Gasteiger partial charge in [0.25, 0.3) is 0 Å². The first-order chi connectivity index (χ1) is 13.2. The number of aromatic nitrogens is 1. The molecule has 1 aliphatic heterocycles. The predicted octanol–water partition coefficient (Wildman–Crippen LogP) is 3.52. The topological polar surface area (TPSA) is 62.3 Å². The van der Waals surface area contributed by atoms with Crippen LogP contribution in [0.5, 0.6) is 0 Å². The molecule has 142 valence electrons. The molecule has 0 aliphatic carbocycles. The molecule has 1 aliphatic rings. The first kappa shape index (κ1) is 19.1. The van der Waals surface area contributed by atoms with E-state index in [1.54, 1.807) is 0 Å². The van der Waals surface area contributed by atoms with Crippen LogP contribution in [-0.4, -0.2) is 29.8 Å². The molecule has 5 nitrogen and oxygen atoms in total. The molecule has 1 aromatic carbocycles. The van der Waals surface area contributed by atoms with E-state index in [0.717, 1.165) is 30.9 Å². The third kappa shape index (κ3) is 5.39. The van der Waals surface area contributed by atoms with Gasteiger partial charge in [-0.3, -0.25) is 9.59 Å². The highest BCUT2D eigenvalue weighted by Crippen LogP contribution is 2.17. The van der Waals surface area contributed by atoms with E-state index in [1.165, 1.54) is 18.4 Å². The van der Waals surface area contributed by atoms with E-state index in [4.69, 9.17) is 0 Å². The van der Waals surface area contributed by atoms with Crippen LogP contribution < -0.4 is 10.2 Å². The number of nitrogens with zero attached hydrogens (tertiary/aromatic N) is 2. The van der Waals surface area contributed by atoms with Crippen molar-refractivity contribution in [2.45, 2.75) is 45.6 Å². The third-order valence-corrected chi connectivity index (χ3v) is 4.99. The summed E-state index contributed by atoms with van der Waals surface area (Å²) in [5, 5.41) is 2.87. The fourth-order valence-corrected chi connectivity index (χ4v) is 3.24. The van der Waals surface area contributed by atoms with Crippen molar-refractivity contribution >= 4 is 17.5 Å². The van der Waals surface area contributed by atoms with Gasteiger partial charge in [-0.15, -0.1) is 0 Å². The van der Waals surface area contributed by atoms with E-state index < -0.39 is 0 Å². The van der Waals surface area contributed by atoms with E-state index >= 15 is 0 Å². The number of nitrogens with one attached hydrogen (secondary N) is 1. The van der Waals surface area contributed by atoms with Crippen LogP contribution in [0.3, 0.4) is 0 Å². The summed E-state index contributed by atoms with van der Waals surface area (Å²) in [5.41, 5.74) is 2.84. The van der Waals surface area contributed by atoms with Gasteiger partial charge >= 0.3 is 0 Å². The van der Waals surface area contributed by atoms with Gasteiger partial charge in [-0.05, 0) is 36.5 Å². The molecular formula is C22H27N3O2. The Morgan fingerprint density at radius 1 is 1.00 bits per heavy atom. The number of carbonyl (C=O) groups excluding carboxylic acids is 2. The van der Waals surface area contributed by atoms with Gasteiger partial charge in [0.15, 0.2) is 5.78 Å². The summed E-state index contributed by atoms with van der Waals surface area (Å²) in [6.07, 6.45) is 5.64. The number of carbonyl (C=O) groups is 2. The van der Waals surface area contributed by atoms with Gasteiger partial charge in [0, 0.05) is 44.2 Å². The summed E-state index contributed by atoms with van der Waals surface area (Å²) < 4.78 is 0. The number of hydrogen-bond donors (Lipinski definition) is 1. The highest BCUT2D eigenvalue weighted by atomic mass is 16.2. The second-order valence-electron chi connectivity index (χ2n) is 6.97. The summed E-state index contributed by atoms with van der Waals surface area (Å²) >= 11 is 0. The Bertz CT molecular complexity index is 763. The Hall–Kier alpha value is -2.69. The van der Waals surface area contributed by atoms with Gasteiger partial charge in [-0.1, -0.05) is 37.3 Å². The highest BCUT2D eigenvalue weighted by Gasteiger charge is 2.13. The Morgan fingerprint density at radius 3 is 2.33 bits per heavy atom. The van der Waals surface area contributed by atoms with Crippen LogP contribution in [0.4, 0.5) is 5.82 Å². The number of benzene rings is 1. The van der Waals surface area contributed by atoms with Crippen LogP contribution in [-0.2, 0) is 17.8 Å². The molecule has 2 heterocycles. The van der Waals surface area contributed by atoms with Crippen molar-refractivity contribution in [3.8, 4) is 0 Å². The number of pyridine rings is 1. The van der Waals surface area contributed by atoms with Gasteiger partial charge in [0.2, 0.25) is 5.91 Å². The molecule has 2 aromatic rings. The smallest absolute Gasteiger partial charge is 0.220 e. The van der Waals surface area contributed by atoms with E-state index in [-0.39, 0.29) is 24.5 Å². The fraction of sp³-hybridized carbons (Fsp3) is 0.409. The second-order valence-corrected chi connectivity index (χ2v) is 6.97. The minimum absolute atomic E-state index is 0.00411. The lowest BCUT2D eigenvalue weighted by atomic mass is 10.0. The SMILES string of the molecule is CCc1ccc(C(=O)CCC(=O)NCc2ccc(N3CCCC3)nc2)cc1. The lowest BCUT2D eigenvalue weighted by Gasteiger charge is -2.16. The van der Waals surface area contributed by atoms with Crippen molar-refractivity contribution < 1.29 is 9.59 Å². The predicted molar refractivity (Wildman–Crippen MR) is 107 cm³/mol. The minimum atomic E-state index is -0.114. The molecule has 27 heavy (non-hydrogen) atoms. The number of Topliss-reactive ketones (excluding diaryl/α,β-unsaturated/α-hetero) is 1. The lowest BCUT2D eigenvalue weighted by Crippen LogP contribution is -2.23. The lowest BCUT2D eigenvalue weighted by molar-refractivity contribution is -0.121. The summed E-state index contributed by atoms with van der Waals surface area (Å²) in [6.45, 7) is 4.65. The number of ketones is 1. The zero-order valence-electron chi connectivity index (χ0n) is 15.9. The molecule has 0 spiro atoms. The summed E-state index contributed by atoms with van der Waals surface area (Å²) in [4.78, 5) is 31.0. The van der Waals surface area contributed by atoms with Crippen LogP contribution in [0.1, 0.15) is 54.1 Å². The van der Waals surface area contributed by atoms with Crippen LogP contribution in [0.25, 0.3) is 0 Å². The average Bonchev–Trinajstić information content (AvgIpc) is 3.26. The highest BCUT2D eigenvalue weighted by molar-refractivity contribution is 5.97. The quantitative estimate of drug-likeness (QED) is 0.727. The van der Waals surface area contributed by atoms with Crippen molar-refractivity contribution in [3.05, 3.63) is 59.3 Å². The first-order valence-corrected chi connectivity index (χ1v) is 9.74. The van der Waals surface area contributed by atoms with Crippen LogP contribution in [0.2, 0.25) is 0 Å². The molecule has 5 heteroatoms. The Morgan fingerprint density at radius 2 is 1.70 bits per heavy atom. The molecule has 0 unspecified atom stereocenters. The molecule has 0 radical (unpaired) electrons.